The van der Waals surface area contributed by atoms with Crippen LogP contribution in [-0.2, 0) is 0 Å². The maximum Gasteiger partial charge on any atom is 0.138 e. The third-order valence-electron chi connectivity index (χ3n) is 3.59. The van der Waals surface area contributed by atoms with E-state index >= 15 is 0 Å². The van der Waals surface area contributed by atoms with Crippen LogP contribution in [0.3, 0.4) is 0 Å². The Kier molecular flexibility index (Phi) is 3.02. The highest BCUT2D eigenvalue weighted by atomic mass is 15.1. The van der Waals surface area contributed by atoms with Gasteiger partial charge in [-0.25, -0.2) is 4.98 Å². The average molecular weight is 242 g/mol. The molecule has 0 amide bonds. The predicted octanol–water partition coefficient (Wildman–Crippen LogP) is 2.36. The molecule has 1 fully saturated rings. The number of hydrogen-bond acceptors (Lipinski definition) is 3. The molecule has 0 atom stereocenters. The second-order valence-corrected chi connectivity index (χ2v) is 4.71. The summed E-state index contributed by atoms with van der Waals surface area (Å²) >= 11 is 0. The van der Waals surface area contributed by atoms with Gasteiger partial charge in [-0.2, -0.15) is 0 Å². The molecule has 0 unspecified atom stereocenters. The lowest BCUT2D eigenvalue weighted by Crippen LogP contribution is -2.26. The number of hydrogen-bond donors (Lipinski definition) is 2. The van der Waals surface area contributed by atoms with Gasteiger partial charge in [-0.15, -0.1) is 0 Å². The summed E-state index contributed by atoms with van der Waals surface area (Å²) < 4.78 is 2.10. The molecule has 3 rings (SSSR count). The highest BCUT2D eigenvalue weighted by Crippen LogP contribution is 2.26. The topological polar surface area (TPSA) is 41.4 Å². The molecule has 18 heavy (non-hydrogen) atoms. The van der Waals surface area contributed by atoms with Gasteiger partial charge in [0.1, 0.15) is 11.5 Å². The van der Waals surface area contributed by atoms with Crippen LogP contribution in [0.4, 0.5) is 5.82 Å². The number of fused-ring (bicyclic) bond motifs is 1. The Hall–Kier alpha value is -1.81. The van der Waals surface area contributed by atoms with Crippen molar-refractivity contribution in [3.05, 3.63) is 42.9 Å². The van der Waals surface area contributed by atoms with Crippen LogP contribution in [0, 0.1) is 0 Å². The maximum absolute atomic E-state index is 4.36. The third kappa shape index (κ3) is 1.99. The summed E-state index contributed by atoms with van der Waals surface area (Å²) in [6.07, 6.45) is 8.14. The number of aromatic nitrogens is 2. The van der Waals surface area contributed by atoms with Crippen molar-refractivity contribution in [2.75, 3.05) is 18.4 Å². The van der Waals surface area contributed by atoms with Gasteiger partial charge < -0.3 is 10.6 Å². The van der Waals surface area contributed by atoms with Crippen molar-refractivity contribution in [1.29, 1.82) is 0 Å². The molecule has 1 aliphatic heterocycles. The van der Waals surface area contributed by atoms with E-state index in [0.717, 1.165) is 24.6 Å². The molecule has 1 saturated heterocycles. The van der Waals surface area contributed by atoms with Crippen molar-refractivity contribution >= 4 is 11.5 Å². The summed E-state index contributed by atoms with van der Waals surface area (Å²) in [5.74, 6) is 1.63. The second-order valence-electron chi connectivity index (χ2n) is 4.71. The summed E-state index contributed by atoms with van der Waals surface area (Å²) in [6.45, 7) is 5.93. The van der Waals surface area contributed by atoms with Crippen molar-refractivity contribution < 1.29 is 0 Å². The normalized spacial score (nSPS) is 16.9. The zero-order valence-corrected chi connectivity index (χ0v) is 10.4. The molecule has 0 radical (unpaired) electrons. The fraction of sp³-hybridized carbons (Fsp3) is 0.357. The minimum Gasteiger partial charge on any atom is -0.347 e. The highest BCUT2D eigenvalue weighted by molar-refractivity contribution is 5.52. The van der Waals surface area contributed by atoms with Crippen molar-refractivity contribution in [3.63, 3.8) is 0 Å². The molecule has 4 heteroatoms. The molecule has 1 aliphatic rings. The molecular formula is C14H18N4. The van der Waals surface area contributed by atoms with Gasteiger partial charge in [-0.1, -0.05) is 12.6 Å². The summed E-state index contributed by atoms with van der Waals surface area (Å²) in [5, 5.41) is 6.52. The Morgan fingerprint density at radius 1 is 1.39 bits per heavy atom. The summed E-state index contributed by atoms with van der Waals surface area (Å²) in [6, 6.07) is 4.29. The van der Waals surface area contributed by atoms with Gasteiger partial charge in [0.25, 0.3) is 0 Å². The number of imidazole rings is 1. The second kappa shape index (κ2) is 4.82. The molecule has 0 saturated carbocycles. The van der Waals surface area contributed by atoms with Gasteiger partial charge in [0.05, 0.1) is 6.20 Å². The molecule has 94 valence electrons. The molecule has 2 N–H and O–H groups in total. The van der Waals surface area contributed by atoms with E-state index in [-0.39, 0.29) is 0 Å². The molecule has 2 aromatic heterocycles. The van der Waals surface area contributed by atoms with Crippen LogP contribution in [0.5, 0.6) is 0 Å². The lowest BCUT2D eigenvalue weighted by atomic mass is 9.91. The molecule has 2 aromatic rings. The minimum absolute atomic E-state index is 0.662. The average Bonchev–Trinajstić information content (AvgIpc) is 2.83. The van der Waals surface area contributed by atoms with Crippen LogP contribution >= 0.6 is 0 Å². The van der Waals surface area contributed by atoms with Gasteiger partial charge in [0.2, 0.25) is 0 Å². The van der Waals surface area contributed by atoms with Crippen molar-refractivity contribution in [3.8, 4) is 0 Å². The Morgan fingerprint density at radius 3 is 3.00 bits per heavy atom. The first kappa shape index (κ1) is 11.3. The third-order valence-corrected chi connectivity index (χ3v) is 3.59. The van der Waals surface area contributed by atoms with Gasteiger partial charge in [-0.05, 0) is 49.7 Å². The number of nitrogens with zero attached hydrogens (tertiary/aromatic N) is 2. The Bertz CT molecular complexity index is 552. The van der Waals surface area contributed by atoms with E-state index in [9.17, 15) is 0 Å². The zero-order chi connectivity index (χ0) is 12.4. The first-order valence-corrected chi connectivity index (χ1v) is 6.43. The highest BCUT2D eigenvalue weighted by Gasteiger charge is 2.16. The molecule has 0 bridgehead atoms. The van der Waals surface area contributed by atoms with E-state index in [1.54, 1.807) is 6.20 Å². The molecule has 0 aromatic carbocycles. The van der Waals surface area contributed by atoms with E-state index in [4.69, 9.17) is 0 Å². The van der Waals surface area contributed by atoms with Crippen molar-refractivity contribution in [2.45, 2.75) is 18.8 Å². The van der Waals surface area contributed by atoms with Crippen LogP contribution in [0.1, 0.15) is 24.3 Å². The zero-order valence-electron chi connectivity index (χ0n) is 10.4. The molecule has 4 nitrogen and oxygen atoms in total. The van der Waals surface area contributed by atoms with E-state index in [2.05, 4.69) is 44.9 Å². The smallest absolute Gasteiger partial charge is 0.138 e. The lowest BCUT2D eigenvalue weighted by molar-refractivity contribution is 0.459. The molecule has 0 spiro atoms. The van der Waals surface area contributed by atoms with Crippen LogP contribution in [-0.4, -0.2) is 22.5 Å². The van der Waals surface area contributed by atoms with Crippen LogP contribution in [0.2, 0.25) is 0 Å². The minimum atomic E-state index is 0.662. The predicted molar refractivity (Wildman–Crippen MR) is 73.9 cm³/mol. The van der Waals surface area contributed by atoms with Gasteiger partial charge in [0, 0.05) is 6.20 Å². The van der Waals surface area contributed by atoms with Crippen LogP contribution in [0.25, 0.3) is 5.65 Å². The fourth-order valence-corrected chi connectivity index (χ4v) is 2.61. The number of nitrogens with one attached hydrogen (secondary N) is 2. The SMILES string of the molecule is C=CNc1cnc2ccc(C3CCNCC3)cn12. The maximum atomic E-state index is 4.36. The van der Waals surface area contributed by atoms with Crippen LogP contribution < -0.4 is 10.6 Å². The number of pyridine rings is 1. The first-order valence-electron chi connectivity index (χ1n) is 6.43. The largest absolute Gasteiger partial charge is 0.347 e. The number of piperidine rings is 1. The van der Waals surface area contributed by atoms with Gasteiger partial charge in [-0.3, -0.25) is 4.40 Å². The molecular weight excluding hydrogens is 224 g/mol. The van der Waals surface area contributed by atoms with Crippen LogP contribution in [0.15, 0.2) is 37.3 Å². The summed E-state index contributed by atoms with van der Waals surface area (Å²) in [5.41, 5.74) is 2.37. The van der Waals surface area contributed by atoms with E-state index in [1.165, 1.54) is 18.4 Å². The van der Waals surface area contributed by atoms with Crippen molar-refractivity contribution in [2.24, 2.45) is 0 Å². The van der Waals surface area contributed by atoms with E-state index in [1.807, 2.05) is 6.20 Å². The Balaban J connectivity index is 1.97. The quantitative estimate of drug-likeness (QED) is 0.868. The molecule has 0 aliphatic carbocycles. The van der Waals surface area contributed by atoms with E-state index < -0.39 is 0 Å². The summed E-state index contributed by atoms with van der Waals surface area (Å²) in [7, 11) is 0. The Morgan fingerprint density at radius 2 is 2.22 bits per heavy atom. The monoisotopic (exact) mass is 242 g/mol. The Labute approximate surface area is 107 Å². The van der Waals surface area contributed by atoms with Gasteiger partial charge in [0.15, 0.2) is 0 Å². The van der Waals surface area contributed by atoms with E-state index in [0.29, 0.717) is 5.92 Å². The lowest BCUT2D eigenvalue weighted by Gasteiger charge is -2.23. The summed E-state index contributed by atoms with van der Waals surface area (Å²) in [4.78, 5) is 4.36. The molecule has 3 heterocycles. The first-order chi connectivity index (χ1) is 8.88. The van der Waals surface area contributed by atoms with Gasteiger partial charge >= 0.3 is 0 Å². The van der Waals surface area contributed by atoms with Crippen molar-refractivity contribution in [1.82, 2.24) is 14.7 Å². The standard InChI is InChI=1S/C14H18N4/c1-2-16-14-9-17-13-4-3-12(10-18(13)14)11-5-7-15-8-6-11/h2-4,9-11,15-16H,1,5-8H2. The number of rotatable bonds is 3. The fourth-order valence-electron chi connectivity index (χ4n) is 2.61. The number of anilines is 1.